The van der Waals surface area contributed by atoms with Gasteiger partial charge in [-0.2, -0.15) is 0 Å². The summed E-state index contributed by atoms with van der Waals surface area (Å²) in [6, 6.07) is 0. The molecule has 3 nitrogen and oxygen atoms in total. The van der Waals surface area contributed by atoms with Gasteiger partial charge >= 0.3 is 0 Å². The number of hydrogen-bond donors (Lipinski definition) is 1. The van der Waals surface area contributed by atoms with Gasteiger partial charge in [-0.3, -0.25) is 0 Å². The van der Waals surface area contributed by atoms with Crippen molar-refractivity contribution in [2.75, 3.05) is 13.6 Å². The van der Waals surface area contributed by atoms with E-state index in [-0.39, 0.29) is 0 Å². The lowest BCUT2D eigenvalue weighted by Gasteiger charge is -1.99. The molecule has 0 bridgehead atoms. The Balaban J connectivity index is 2.73. The largest absolute Gasteiger partial charge is 0.334 e. The third kappa shape index (κ3) is 2.20. The fourth-order valence-corrected chi connectivity index (χ4v) is 1.09. The first-order valence-corrected chi connectivity index (χ1v) is 4.02. The van der Waals surface area contributed by atoms with E-state index in [1.54, 1.807) is 6.33 Å². The summed E-state index contributed by atoms with van der Waals surface area (Å²) in [5.41, 5.74) is 2.45. The Morgan fingerprint density at radius 2 is 2.50 bits per heavy atom. The monoisotopic (exact) mass is 165 g/mol. The van der Waals surface area contributed by atoms with Crippen molar-refractivity contribution in [3.05, 3.63) is 23.8 Å². The summed E-state index contributed by atoms with van der Waals surface area (Å²) in [6.45, 7) is 3.02. The van der Waals surface area contributed by atoms with Crippen LogP contribution in [-0.2, 0) is 7.05 Å². The van der Waals surface area contributed by atoms with Crippen LogP contribution in [0.4, 0.5) is 0 Å². The van der Waals surface area contributed by atoms with E-state index >= 15 is 0 Å². The van der Waals surface area contributed by atoms with Gasteiger partial charge in [0.25, 0.3) is 0 Å². The maximum absolute atomic E-state index is 4.03. The number of aryl methyl sites for hydroxylation is 1. The summed E-state index contributed by atoms with van der Waals surface area (Å²) < 4.78 is 2.00. The number of rotatable bonds is 3. The molecule has 3 heteroatoms. The van der Waals surface area contributed by atoms with Crippen LogP contribution in [0, 0.1) is 0 Å². The lowest BCUT2D eigenvalue weighted by molar-refractivity contribution is 0.875. The highest BCUT2D eigenvalue weighted by Gasteiger charge is 1.93. The van der Waals surface area contributed by atoms with E-state index in [4.69, 9.17) is 0 Å². The molecule has 0 aliphatic heterocycles. The molecule has 1 aromatic heterocycles. The van der Waals surface area contributed by atoms with Crippen LogP contribution in [0.15, 0.2) is 18.1 Å². The lowest BCUT2D eigenvalue weighted by atomic mass is 10.2. The maximum Gasteiger partial charge on any atom is 0.0948 e. The Labute approximate surface area is 73.1 Å². The highest BCUT2D eigenvalue weighted by molar-refractivity contribution is 5.48. The van der Waals surface area contributed by atoms with E-state index in [2.05, 4.69) is 23.3 Å². The van der Waals surface area contributed by atoms with Gasteiger partial charge in [0.2, 0.25) is 0 Å². The number of likely N-dealkylation sites (N-methyl/N-ethyl adjacent to an activating group) is 1. The van der Waals surface area contributed by atoms with E-state index in [1.165, 1.54) is 5.57 Å². The topological polar surface area (TPSA) is 29.9 Å². The molecule has 0 fully saturated rings. The van der Waals surface area contributed by atoms with E-state index in [0.717, 1.165) is 12.2 Å². The predicted octanol–water partition coefficient (Wildman–Crippen LogP) is 1.04. The van der Waals surface area contributed by atoms with Crippen molar-refractivity contribution in [1.29, 1.82) is 0 Å². The van der Waals surface area contributed by atoms with Gasteiger partial charge in [0.15, 0.2) is 0 Å². The van der Waals surface area contributed by atoms with E-state index in [1.807, 2.05) is 24.9 Å². The molecule has 66 valence electrons. The molecule has 0 saturated heterocycles. The minimum Gasteiger partial charge on any atom is -0.334 e. The second-order valence-electron chi connectivity index (χ2n) is 2.95. The van der Waals surface area contributed by atoms with Crippen molar-refractivity contribution in [3.63, 3.8) is 0 Å². The molecule has 1 heterocycles. The maximum atomic E-state index is 4.03. The first-order chi connectivity index (χ1) is 5.74. The predicted molar refractivity (Wildman–Crippen MR) is 50.8 cm³/mol. The van der Waals surface area contributed by atoms with Crippen molar-refractivity contribution in [2.45, 2.75) is 6.92 Å². The fraction of sp³-hybridized carbons (Fsp3) is 0.444. The van der Waals surface area contributed by atoms with Crippen LogP contribution in [0.3, 0.4) is 0 Å². The fourth-order valence-electron chi connectivity index (χ4n) is 1.09. The molecular weight excluding hydrogens is 150 g/mol. The van der Waals surface area contributed by atoms with Crippen LogP contribution < -0.4 is 5.32 Å². The highest BCUT2D eigenvalue weighted by Crippen LogP contribution is 2.03. The Bertz CT molecular complexity index is 273. The average molecular weight is 165 g/mol. The summed E-state index contributed by atoms with van der Waals surface area (Å²) in [7, 11) is 3.94. The molecular formula is C9H15N3. The molecule has 1 N–H and O–H groups in total. The average Bonchev–Trinajstić information content (AvgIpc) is 2.37. The minimum atomic E-state index is 0.922. The molecule has 12 heavy (non-hydrogen) atoms. The first kappa shape index (κ1) is 9.00. The van der Waals surface area contributed by atoms with Crippen molar-refractivity contribution >= 4 is 6.08 Å². The van der Waals surface area contributed by atoms with Gasteiger partial charge in [0, 0.05) is 13.6 Å². The van der Waals surface area contributed by atoms with Gasteiger partial charge in [-0.05, 0) is 20.0 Å². The van der Waals surface area contributed by atoms with Crippen LogP contribution in [0.1, 0.15) is 12.6 Å². The van der Waals surface area contributed by atoms with Gasteiger partial charge in [-0.1, -0.05) is 5.57 Å². The number of hydrogen-bond acceptors (Lipinski definition) is 2. The molecule has 1 aromatic rings. The van der Waals surface area contributed by atoms with Gasteiger partial charge in [0.1, 0.15) is 0 Å². The van der Waals surface area contributed by atoms with Crippen molar-refractivity contribution in [3.8, 4) is 0 Å². The number of nitrogens with one attached hydrogen (secondary N) is 1. The third-order valence-electron chi connectivity index (χ3n) is 1.70. The normalized spacial score (nSPS) is 12.1. The van der Waals surface area contributed by atoms with E-state index in [0.29, 0.717) is 0 Å². The quantitative estimate of drug-likeness (QED) is 0.725. The van der Waals surface area contributed by atoms with Gasteiger partial charge < -0.3 is 9.88 Å². The van der Waals surface area contributed by atoms with Crippen LogP contribution >= 0.6 is 0 Å². The van der Waals surface area contributed by atoms with Crippen LogP contribution in [0.25, 0.3) is 6.08 Å². The molecule has 0 aliphatic carbocycles. The summed E-state index contributed by atoms with van der Waals surface area (Å²) in [6.07, 6.45) is 5.79. The molecule has 0 spiro atoms. The Morgan fingerprint density at radius 3 is 3.00 bits per heavy atom. The van der Waals surface area contributed by atoms with E-state index < -0.39 is 0 Å². The smallest absolute Gasteiger partial charge is 0.0948 e. The van der Waals surface area contributed by atoms with Gasteiger partial charge in [0.05, 0.1) is 18.2 Å². The van der Waals surface area contributed by atoms with E-state index in [9.17, 15) is 0 Å². The summed E-state index contributed by atoms with van der Waals surface area (Å²) in [4.78, 5) is 4.03. The minimum absolute atomic E-state index is 0.922. The third-order valence-corrected chi connectivity index (χ3v) is 1.70. The zero-order valence-electron chi connectivity index (χ0n) is 7.83. The molecule has 1 rings (SSSR count). The Kier molecular flexibility index (Phi) is 3.05. The SMILES string of the molecule is CNCC(C)=Cc1cncn1C. The second-order valence-corrected chi connectivity index (χ2v) is 2.95. The molecule has 0 amide bonds. The standard InChI is InChI=1S/C9H15N3/c1-8(5-10-2)4-9-6-11-7-12(9)3/h4,6-7,10H,5H2,1-3H3. The molecule has 0 atom stereocenters. The van der Waals surface area contributed by atoms with Crippen LogP contribution in [-0.4, -0.2) is 23.1 Å². The van der Waals surface area contributed by atoms with Crippen molar-refractivity contribution < 1.29 is 0 Å². The number of nitrogens with zero attached hydrogens (tertiary/aromatic N) is 2. The van der Waals surface area contributed by atoms with Gasteiger partial charge in [-0.15, -0.1) is 0 Å². The lowest BCUT2D eigenvalue weighted by Crippen LogP contribution is -2.08. The Hall–Kier alpha value is -1.09. The molecule has 0 aromatic carbocycles. The van der Waals surface area contributed by atoms with Crippen molar-refractivity contribution in [1.82, 2.24) is 14.9 Å². The highest BCUT2D eigenvalue weighted by atomic mass is 15.0. The van der Waals surface area contributed by atoms with Crippen LogP contribution in [0.2, 0.25) is 0 Å². The summed E-state index contributed by atoms with van der Waals surface area (Å²) in [5.74, 6) is 0. The molecule has 0 unspecified atom stereocenters. The number of imidazole rings is 1. The zero-order valence-corrected chi connectivity index (χ0v) is 7.83. The zero-order chi connectivity index (χ0) is 8.97. The molecule has 0 radical (unpaired) electrons. The summed E-state index contributed by atoms with van der Waals surface area (Å²) >= 11 is 0. The molecule has 0 aliphatic rings. The summed E-state index contributed by atoms with van der Waals surface area (Å²) in [5, 5.41) is 3.10. The molecule has 0 saturated carbocycles. The van der Waals surface area contributed by atoms with Crippen LogP contribution in [0.5, 0.6) is 0 Å². The van der Waals surface area contributed by atoms with Gasteiger partial charge in [-0.25, -0.2) is 4.98 Å². The Morgan fingerprint density at radius 1 is 1.75 bits per heavy atom. The second kappa shape index (κ2) is 4.07. The number of aromatic nitrogens is 2. The first-order valence-electron chi connectivity index (χ1n) is 4.02. The van der Waals surface area contributed by atoms with Crippen molar-refractivity contribution in [2.24, 2.45) is 7.05 Å².